The zero-order chi connectivity index (χ0) is 14.0. The minimum Gasteiger partial charge on any atom is -0.340 e. The maximum atomic E-state index is 11.9. The van der Waals surface area contributed by atoms with Crippen LogP contribution in [0.25, 0.3) is 0 Å². The van der Waals surface area contributed by atoms with Crippen molar-refractivity contribution in [3.05, 3.63) is 71.8 Å². The summed E-state index contributed by atoms with van der Waals surface area (Å²) in [5, 5.41) is 0. The molecule has 2 heteroatoms. The first-order valence-electron chi connectivity index (χ1n) is 6.54. The van der Waals surface area contributed by atoms with Crippen molar-refractivity contribution < 1.29 is 9.53 Å². The Kier molecular flexibility index (Phi) is 3.14. The third-order valence-electron chi connectivity index (χ3n) is 3.41. The number of epoxide rings is 1. The molecule has 0 aromatic heterocycles. The van der Waals surface area contributed by atoms with E-state index in [1.807, 2.05) is 60.7 Å². The molecule has 1 aliphatic heterocycles. The normalized spacial score (nSPS) is 23.6. The molecular formula is C18H14O2. The Bertz CT molecular complexity index is 680. The molecular weight excluding hydrogens is 248 g/mol. The lowest BCUT2D eigenvalue weighted by atomic mass is 9.96. The average Bonchev–Trinajstić information content (AvgIpc) is 3.23. The van der Waals surface area contributed by atoms with Gasteiger partial charge in [0.2, 0.25) is 5.60 Å². The second kappa shape index (κ2) is 4.96. The van der Waals surface area contributed by atoms with E-state index in [-0.39, 0.29) is 11.9 Å². The van der Waals surface area contributed by atoms with E-state index in [2.05, 4.69) is 11.8 Å². The molecule has 0 spiro atoms. The third kappa shape index (κ3) is 2.24. The Morgan fingerprint density at radius 3 is 2.25 bits per heavy atom. The van der Waals surface area contributed by atoms with Crippen molar-refractivity contribution in [2.45, 2.75) is 18.6 Å². The molecule has 0 unspecified atom stereocenters. The van der Waals surface area contributed by atoms with Crippen molar-refractivity contribution in [2.75, 3.05) is 0 Å². The molecule has 1 aliphatic rings. The standard InChI is InChI=1S/C18H14O2/c1-14(19)18(13-12-15-8-4-2-5-9-15)17(20-18)16-10-6-3-7-11-16/h2-11,17H,1H3/t17-,18-/m1/s1. The van der Waals surface area contributed by atoms with E-state index in [0.717, 1.165) is 11.1 Å². The molecule has 0 saturated carbocycles. The Labute approximate surface area is 118 Å². The number of ketones is 1. The van der Waals surface area contributed by atoms with Crippen LogP contribution in [0.2, 0.25) is 0 Å². The summed E-state index contributed by atoms with van der Waals surface area (Å²) in [5.41, 5.74) is 0.900. The number of carbonyl (C=O) groups excluding carboxylic acids is 1. The molecule has 0 radical (unpaired) electrons. The van der Waals surface area contributed by atoms with Gasteiger partial charge in [-0.25, -0.2) is 0 Å². The van der Waals surface area contributed by atoms with Gasteiger partial charge in [-0.05, 0) is 24.6 Å². The zero-order valence-electron chi connectivity index (χ0n) is 11.2. The highest BCUT2D eigenvalue weighted by molar-refractivity contribution is 5.92. The second-order valence-electron chi connectivity index (χ2n) is 4.82. The SMILES string of the molecule is CC(=O)[C@@]1(C#Cc2ccccc2)O[C@@H]1c1ccccc1. The van der Waals surface area contributed by atoms with Crippen molar-refractivity contribution in [1.82, 2.24) is 0 Å². The number of carbonyl (C=O) groups is 1. The summed E-state index contributed by atoms with van der Waals surface area (Å²) in [4.78, 5) is 11.9. The molecule has 98 valence electrons. The Balaban J connectivity index is 1.90. The molecule has 2 atom stereocenters. The van der Waals surface area contributed by atoms with Gasteiger partial charge < -0.3 is 4.74 Å². The van der Waals surface area contributed by atoms with Crippen LogP contribution < -0.4 is 0 Å². The predicted molar refractivity (Wildman–Crippen MR) is 77.0 cm³/mol. The monoisotopic (exact) mass is 262 g/mol. The number of Topliss-reactive ketones (excluding diaryl/α,β-unsaturated/α-hetero) is 1. The van der Waals surface area contributed by atoms with Crippen LogP contribution in [0.5, 0.6) is 0 Å². The van der Waals surface area contributed by atoms with E-state index in [0.29, 0.717) is 0 Å². The highest BCUT2D eigenvalue weighted by atomic mass is 16.6. The van der Waals surface area contributed by atoms with Gasteiger partial charge in [-0.1, -0.05) is 60.4 Å². The average molecular weight is 262 g/mol. The third-order valence-corrected chi connectivity index (χ3v) is 3.41. The van der Waals surface area contributed by atoms with Crippen LogP contribution in [-0.4, -0.2) is 11.4 Å². The van der Waals surface area contributed by atoms with Gasteiger partial charge in [0.05, 0.1) is 0 Å². The summed E-state index contributed by atoms with van der Waals surface area (Å²) in [5.74, 6) is 6.00. The number of hydrogen-bond donors (Lipinski definition) is 0. The summed E-state index contributed by atoms with van der Waals surface area (Å²) in [6.07, 6.45) is -0.252. The first kappa shape index (κ1) is 12.7. The zero-order valence-corrected chi connectivity index (χ0v) is 11.2. The molecule has 2 nitrogen and oxygen atoms in total. The largest absolute Gasteiger partial charge is 0.340 e. The summed E-state index contributed by atoms with van der Waals surface area (Å²) in [6, 6.07) is 19.3. The quantitative estimate of drug-likeness (QED) is 0.614. The number of benzene rings is 2. The number of ether oxygens (including phenoxy) is 1. The van der Waals surface area contributed by atoms with Crippen LogP contribution in [0.3, 0.4) is 0 Å². The predicted octanol–water partition coefficient (Wildman–Crippen LogP) is 3.14. The highest BCUT2D eigenvalue weighted by Crippen LogP contribution is 2.49. The van der Waals surface area contributed by atoms with E-state index in [4.69, 9.17) is 4.74 Å². The maximum absolute atomic E-state index is 11.9. The maximum Gasteiger partial charge on any atom is 0.218 e. The molecule has 1 saturated heterocycles. The molecule has 0 aliphatic carbocycles. The van der Waals surface area contributed by atoms with Crippen LogP contribution in [0, 0.1) is 11.8 Å². The lowest BCUT2D eigenvalue weighted by Crippen LogP contribution is -2.20. The van der Waals surface area contributed by atoms with Gasteiger partial charge in [0.1, 0.15) is 6.10 Å². The van der Waals surface area contributed by atoms with Gasteiger partial charge in [-0.3, -0.25) is 4.79 Å². The van der Waals surface area contributed by atoms with E-state index < -0.39 is 5.60 Å². The van der Waals surface area contributed by atoms with Crippen molar-refractivity contribution in [3.8, 4) is 11.8 Å². The van der Waals surface area contributed by atoms with Crippen molar-refractivity contribution in [2.24, 2.45) is 0 Å². The molecule has 2 aromatic carbocycles. The minimum atomic E-state index is -0.975. The van der Waals surface area contributed by atoms with E-state index in [1.165, 1.54) is 6.92 Å². The lowest BCUT2D eigenvalue weighted by Gasteiger charge is -2.00. The Morgan fingerprint density at radius 1 is 1.05 bits per heavy atom. The fourth-order valence-corrected chi connectivity index (χ4v) is 2.22. The van der Waals surface area contributed by atoms with Gasteiger partial charge in [-0.2, -0.15) is 0 Å². The van der Waals surface area contributed by atoms with Gasteiger partial charge in [-0.15, -0.1) is 0 Å². The fourth-order valence-electron chi connectivity index (χ4n) is 2.22. The molecule has 3 rings (SSSR count). The smallest absolute Gasteiger partial charge is 0.218 e. The fraction of sp³-hybridized carbons (Fsp3) is 0.167. The van der Waals surface area contributed by atoms with Crippen molar-refractivity contribution in [1.29, 1.82) is 0 Å². The molecule has 0 N–H and O–H groups in total. The first-order chi connectivity index (χ1) is 9.72. The Hall–Kier alpha value is -2.37. The Morgan fingerprint density at radius 2 is 1.65 bits per heavy atom. The molecule has 0 bridgehead atoms. The van der Waals surface area contributed by atoms with Gasteiger partial charge >= 0.3 is 0 Å². The number of rotatable bonds is 2. The van der Waals surface area contributed by atoms with Crippen LogP contribution in [0.1, 0.15) is 24.2 Å². The van der Waals surface area contributed by atoms with E-state index in [9.17, 15) is 4.79 Å². The van der Waals surface area contributed by atoms with E-state index >= 15 is 0 Å². The molecule has 2 aromatic rings. The molecule has 20 heavy (non-hydrogen) atoms. The summed E-state index contributed by atoms with van der Waals surface area (Å²) in [6.45, 7) is 1.53. The van der Waals surface area contributed by atoms with Crippen LogP contribution in [-0.2, 0) is 9.53 Å². The molecule has 0 amide bonds. The van der Waals surface area contributed by atoms with Gasteiger partial charge in [0.15, 0.2) is 5.78 Å². The minimum absolute atomic E-state index is 0.0465. The number of hydrogen-bond acceptors (Lipinski definition) is 2. The van der Waals surface area contributed by atoms with E-state index in [1.54, 1.807) is 0 Å². The summed E-state index contributed by atoms with van der Waals surface area (Å²) < 4.78 is 5.65. The first-order valence-corrected chi connectivity index (χ1v) is 6.54. The summed E-state index contributed by atoms with van der Waals surface area (Å²) >= 11 is 0. The summed E-state index contributed by atoms with van der Waals surface area (Å²) in [7, 11) is 0. The van der Waals surface area contributed by atoms with Crippen molar-refractivity contribution >= 4 is 5.78 Å². The topological polar surface area (TPSA) is 29.6 Å². The van der Waals surface area contributed by atoms with Gasteiger partial charge in [0, 0.05) is 5.56 Å². The van der Waals surface area contributed by atoms with Crippen molar-refractivity contribution in [3.63, 3.8) is 0 Å². The van der Waals surface area contributed by atoms with Crippen LogP contribution in [0.15, 0.2) is 60.7 Å². The lowest BCUT2D eigenvalue weighted by molar-refractivity contribution is -0.120. The van der Waals surface area contributed by atoms with Crippen LogP contribution >= 0.6 is 0 Å². The van der Waals surface area contributed by atoms with Gasteiger partial charge in [0.25, 0.3) is 0 Å². The molecule has 1 fully saturated rings. The second-order valence-corrected chi connectivity index (χ2v) is 4.82. The van der Waals surface area contributed by atoms with Crippen LogP contribution in [0.4, 0.5) is 0 Å². The highest BCUT2D eigenvalue weighted by Gasteiger charge is 2.60. The molecule has 1 heterocycles.